The summed E-state index contributed by atoms with van der Waals surface area (Å²) in [7, 11) is -3.62. The first-order chi connectivity index (χ1) is 16.3. The fourth-order valence-electron chi connectivity index (χ4n) is 3.80. The molecule has 1 aliphatic heterocycles. The van der Waals surface area contributed by atoms with Gasteiger partial charge in [-0.25, -0.2) is 12.8 Å². The third kappa shape index (κ3) is 4.64. The van der Waals surface area contributed by atoms with Crippen molar-refractivity contribution < 1.29 is 53.8 Å². The van der Waals surface area contributed by atoms with Gasteiger partial charge in [-0.1, -0.05) is 12.1 Å². The Kier molecular flexibility index (Phi) is 6.64. The van der Waals surface area contributed by atoms with Crippen molar-refractivity contribution in [2.45, 2.75) is 42.4 Å². The summed E-state index contributed by atoms with van der Waals surface area (Å²) >= 11 is 0. The maximum Gasteiger partial charge on any atom is 0.430 e. The predicted molar refractivity (Wildman–Crippen MR) is 110 cm³/mol. The van der Waals surface area contributed by atoms with Gasteiger partial charge in [0.25, 0.3) is 11.5 Å². The fraction of sp³-hybridized carbons (Fsp3) is 0.333. The van der Waals surface area contributed by atoms with Crippen LogP contribution in [0.15, 0.2) is 41.3 Å². The van der Waals surface area contributed by atoms with E-state index in [0.717, 1.165) is 18.1 Å². The zero-order valence-corrected chi connectivity index (χ0v) is 19.1. The van der Waals surface area contributed by atoms with E-state index in [1.54, 1.807) is 0 Å². The second-order valence-electron chi connectivity index (χ2n) is 8.07. The van der Waals surface area contributed by atoms with Gasteiger partial charge in [0.15, 0.2) is 9.84 Å². The standard InChI is InChI=1S/C21H17F7N2O5S/c1-10(31)30-9-11-7-13(36(2,34)35)4-5-14(11)17(30)18(32)29-12-3-6-15(16(22)8-12)19(33,20(23,24)25)21(26,27)28/h3-8,17,33H,9H2,1-2H3,(H,29,32). The van der Waals surface area contributed by atoms with Crippen molar-refractivity contribution in [3.63, 3.8) is 0 Å². The number of hydrogen-bond donors (Lipinski definition) is 2. The highest BCUT2D eigenvalue weighted by atomic mass is 32.2. The van der Waals surface area contributed by atoms with Gasteiger partial charge in [-0.15, -0.1) is 0 Å². The second kappa shape index (κ2) is 8.73. The summed E-state index contributed by atoms with van der Waals surface area (Å²) in [5, 5.41) is 11.5. The quantitative estimate of drug-likeness (QED) is 0.575. The summed E-state index contributed by atoms with van der Waals surface area (Å²) in [6, 6.07) is 3.12. The minimum atomic E-state index is -6.31. The summed E-state index contributed by atoms with van der Waals surface area (Å²) in [5.41, 5.74) is -7.64. The zero-order valence-electron chi connectivity index (χ0n) is 18.3. The van der Waals surface area contributed by atoms with E-state index in [0.29, 0.717) is 11.6 Å². The molecule has 0 radical (unpaired) electrons. The molecule has 0 aliphatic carbocycles. The van der Waals surface area contributed by atoms with Crippen LogP contribution < -0.4 is 5.32 Å². The molecule has 2 aromatic carbocycles. The molecule has 0 saturated carbocycles. The summed E-state index contributed by atoms with van der Waals surface area (Å²) in [5.74, 6) is -3.70. The van der Waals surface area contributed by atoms with Crippen LogP contribution in [-0.4, -0.2) is 48.8 Å². The fourth-order valence-corrected chi connectivity index (χ4v) is 4.47. The number of nitrogens with zero attached hydrogens (tertiary/aromatic N) is 1. The third-order valence-electron chi connectivity index (χ3n) is 5.59. The first-order valence-corrected chi connectivity index (χ1v) is 11.7. The van der Waals surface area contributed by atoms with Crippen molar-refractivity contribution in [3.8, 4) is 0 Å². The molecule has 0 spiro atoms. The van der Waals surface area contributed by atoms with Gasteiger partial charge in [0.05, 0.1) is 4.90 Å². The lowest BCUT2D eigenvalue weighted by molar-refractivity contribution is -0.377. The first kappa shape index (κ1) is 27.4. The Morgan fingerprint density at radius 3 is 2.08 bits per heavy atom. The lowest BCUT2D eigenvalue weighted by Gasteiger charge is -2.33. The van der Waals surface area contributed by atoms with E-state index in [1.807, 2.05) is 0 Å². The number of nitrogens with one attached hydrogen (secondary N) is 1. The van der Waals surface area contributed by atoms with Gasteiger partial charge in [0.2, 0.25) is 5.91 Å². The van der Waals surface area contributed by atoms with Crippen LogP contribution in [0.4, 0.5) is 36.4 Å². The Morgan fingerprint density at radius 2 is 1.61 bits per heavy atom. The van der Waals surface area contributed by atoms with Crippen LogP contribution in [0.25, 0.3) is 0 Å². The van der Waals surface area contributed by atoms with E-state index in [4.69, 9.17) is 0 Å². The van der Waals surface area contributed by atoms with Crippen molar-refractivity contribution in [2.75, 3.05) is 11.6 Å². The van der Waals surface area contributed by atoms with Crippen molar-refractivity contribution in [1.29, 1.82) is 0 Å². The number of alkyl halides is 6. The lowest BCUT2D eigenvalue weighted by Crippen LogP contribution is -2.54. The average molecular weight is 542 g/mol. The van der Waals surface area contributed by atoms with E-state index in [-0.39, 0.29) is 29.1 Å². The number of rotatable bonds is 4. The monoisotopic (exact) mass is 542 g/mol. The molecule has 36 heavy (non-hydrogen) atoms. The topological polar surface area (TPSA) is 104 Å². The molecular weight excluding hydrogens is 525 g/mol. The first-order valence-electron chi connectivity index (χ1n) is 9.86. The Labute approximate surface area is 199 Å². The Hall–Kier alpha value is -3.20. The highest BCUT2D eigenvalue weighted by Gasteiger charge is 2.72. The minimum absolute atomic E-state index is 0.0373. The largest absolute Gasteiger partial charge is 0.430 e. The van der Waals surface area contributed by atoms with Gasteiger partial charge in [0.1, 0.15) is 11.9 Å². The van der Waals surface area contributed by atoms with Gasteiger partial charge in [-0.3, -0.25) is 9.59 Å². The van der Waals surface area contributed by atoms with Crippen molar-refractivity contribution in [2.24, 2.45) is 0 Å². The van der Waals surface area contributed by atoms with Crippen molar-refractivity contribution in [1.82, 2.24) is 4.90 Å². The maximum absolute atomic E-state index is 14.4. The van der Waals surface area contributed by atoms with E-state index < -0.39 is 62.7 Å². The molecule has 196 valence electrons. The normalized spacial score (nSPS) is 16.6. The van der Waals surface area contributed by atoms with Crippen LogP contribution in [0, 0.1) is 5.82 Å². The summed E-state index contributed by atoms with van der Waals surface area (Å²) in [6.45, 7) is 0.955. The molecule has 1 heterocycles. The van der Waals surface area contributed by atoms with Gasteiger partial charge in [0, 0.05) is 31.0 Å². The molecule has 7 nitrogen and oxygen atoms in total. The Morgan fingerprint density at radius 1 is 1.03 bits per heavy atom. The molecule has 1 unspecified atom stereocenters. The molecule has 0 bridgehead atoms. The van der Waals surface area contributed by atoms with Gasteiger partial charge < -0.3 is 15.3 Å². The number of aliphatic hydroxyl groups is 1. The predicted octanol–water partition coefficient (Wildman–Crippen LogP) is 3.58. The minimum Gasteiger partial charge on any atom is -0.369 e. The van der Waals surface area contributed by atoms with Crippen LogP contribution >= 0.6 is 0 Å². The molecule has 0 saturated heterocycles. The molecule has 2 N–H and O–H groups in total. The van der Waals surface area contributed by atoms with Gasteiger partial charge in [-0.05, 0) is 35.4 Å². The number of hydrogen-bond acceptors (Lipinski definition) is 5. The lowest BCUT2D eigenvalue weighted by atomic mass is 9.91. The number of carbonyl (C=O) groups excluding carboxylic acids is 2. The Bertz CT molecular complexity index is 1330. The SMILES string of the molecule is CC(=O)N1Cc2cc(S(C)(=O)=O)ccc2C1C(=O)Nc1ccc(C(O)(C(F)(F)F)C(F)(F)F)c(F)c1. The molecule has 1 atom stereocenters. The number of carbonyl (C=O) groups is 2. The molecule has 1 aliphatic rings. The van der Waals surface area contributed by atoms with Crippen LogP contribution in [0.5, 0.6) is 0 Å². The van der Waals surface area contributed by atoms with Crippen LogP contribution in [0.1, 0.15) is 29.7 Å². The molecule has 0 fully saturated rings. The van der Waals surface area contributed by atoms with Crippen LogP contribution in [0.3, 0.4) is 0 Å². The number of anilines is 1. The molecule has 15 heteroatoms. The maximum atomic E-state index is 14.4. The smallest absolute Gasteiger partial charge is 0.369 e. The van der Waals surface area contributed by atoms with Crippen molar-refractivity contribution in [3.05, 3.63) is 58.9 Å². The van der Waals surface area contributed by atoms with Crippen molar-refractivity contribution >= 4 is 27.3 Å². The van der Waals surface area contributed by atoms with E-state index >= 15 is 0 Å². The Balaban J connectivity index is 1.97. The second-order valence-corrected chi connectivity index (χ2v) is 10.1. The molecular formula is C21H17F7N2O5S. The number of halogens is 7. The molecule has 2 amide bonds. The molecule has 3 rings (SSSR count). The van der Waals surface area contributed by atoms with E-state index in [2.05, 4.69) is 5.32 Å². The highest BCUT2D eigenvalue weighted by molar-refractivity contribution is 7.90. The van der Waals surface area contributed by atoms with Crippen LogP contribution in [0.2, 0.25) is 0 Å². The number of benzene rings is 2. The summed E-state index contributed by atoms with van der Waals surface area (Å²) in [4.78, 5) is 26.0. The average Bonchev–Trinajstić information content (AvgIpc) is 3.10. The summed E-state index contributed by atoms with van der Waals surface area (Å²) in [6.07, 6.45) is -11.7. The van der Waals surface area contributed by atoms with E-state index in [9.17, 15) is 53.8 Å². The number of fused-ring (bicyclic) bond motifs is 1. The number of amides is 2. The van der Waals surface area contributed by atoms with E-state index in [1.165, 1.54) is 18.2 Å². The van der Waals surface area contributed by atoms with Gasteiger partial charge >= 0.3 is 12.4 Å². The molecule has 2 aromatic rings. The highest BCUT2D eigenvalue weighted by Crippen LogP contribution is 2.51. The third-order valence-corrected chi connectivity index (χ3v) is 6.70. The summed E-state index contributed by atoms with van der Waals surface area (Å²) < 4.78 is 116. The number of sulfone groups is 1. The zero-order chi connectivity index (χ0) is 27.4. The van der Waals surface area contributed by atoms with Gasteiger partial charge in [-0.2, -0.15) is 26.3 Å². The molecule has 0 aromatic heterocycles. The van der Waals surface area contributed by atoms with Crippen LogP contribution in [-0.2, 0) is 31.6 Å².